The zero-order valence-electron chi connectivity index (χ0n) is 14.7. The van der Waals surface area contributed by atoms with Gasteiger partial charge >= 0.3 is 0 Å². The third kappa shape index (κ3) is 3.28. The molecule has 4 rings (SSSR count). The average Bonchev–Trinajstić information content (AvgIpc) is 3.08. The van der Waals surface area contributed by atoms with Gasteiger partial charge in [-0.25, -0.2) is 0 Å². The van der Waals surface area contributed by atoms with Gasteiger partial charge in [0.15, 0.2) is 11.0 Å². The largest absolute Gasteiger partial charge is 0.497 e. The highest BCUT2D eigenvalue weighted by atomic mass is 32.2. The van der Waals surface area contributed by atoms with Gasteiger partial charge in [0.1, 0.15) is 11.3 Å². The van der Waals surface area contributed by atoms with Crippen LogP contribution in [0.5, 0.6) is 5.75 Å². The summed E-state index contributed by atoms with van der Waals surface area (Å²) in [5.41, 5.74) is 1.34. The summed E-state index contributed by atoms with van der Waals surface area (Å²) in [7, 11) is 3.51. The van der Waals surface area contributed by atoms with Crippen molar-refractivity contribution >= 4 is 22.7 Å². The van der Waals surface area contributed by atoms with Crippen LogP contribution in [0.2, 0.25) is 0 Å². The summed E-state index contributed by atoms with van der Waals surface area (Å²) in [5.74, 6) is 1.81. The Bertz CT molecular complexity index is 1150. The van der Waals surface area contributed by atoms with Crippen molar-refractivity contribution in [3.8, 4) is 17.1 Å². The molecule has 8 nitrogen and oxygen atoms in total. The minimum absolute atomic E-state index is 0.175. The summed E-state index contributed by atoms with van der Waals surface area (Å²) in [4.78, 5) is 12.5. The van der Waals surface area contributed by atoms with Crippen LogP contribution >= 0.6 is 11.8 Å². The molecule has 27 heavy (non-hydrogen) atoms. The van der Waals surface area contributed by atoms with Crippen molar-refractivity contribution in [2.45, 2.75) is 11.0 Å². The van der Waals surface area contributed by atoms with E-state index in [0.717, 1.165) is 17.1 Å². The number of hydrogen-bond donors (Lipinski definition) is 0. The second kappa shape index (κ2) is 7.20. The molecule has 2 heterocycles. The standard InChI is InChI=1S/C18H16N6O2S/c1-23-16(12-7-9-13(26-2)10-8-12)20-21-18(23)27-11-24-17(25)14-5-3-4-6-15(14)19-22-24/h3-10H,11H2,1-2H3. The third-order valence-corrected chi connectivity index (χ3v) is 5.12. The maximum atomic E-state index is 12.5. The Morgan fingerprint density at radius 2 is 1.81 bits per heavy atom. The van der Waals surface area contributed by atoms with Crippen LogP contribution in [0.1, 0.15) is 0 Å². The maximum Gasteiger partial charge on any atom is 0.278 e. The number of ether oxygens (including phenoxy) is 1. The molecule has 0 bridgehead atoms. The molecule has 0 aliphatic carbocycles. The van der Waals surface area contributed by atoms with Gasteiger partial charge in [0.25, 0.3) is 5.56 Å². The maximum absolute atomic E-state index is 12.5. The van der Waals surface area contributed by atoms with Crippen molar-refractivity contribution in [1.29, 1.82) is 0 Å². The number of nitrogens with zero attached hydrogens (tertiary/aromatic N) is 6. The van der Waals surface area contributed by atoms with E-state index in [1.165, 1.54) is 16.4 Å². The fourth-order valence-corrected chi connectivity index (χ4v) is 3.44. The molecule has 2 aromatic heterocycles. The molecular formula is C18H16N6O2S. The van der Waals surface area contributed by atoms with Crippen molar-refractivity contribution in [2.24, 2.45) is 7.05 Å². The van der Waals surface area contributed by atoms with Crippen LogP contribution < -0.4 is 10.3 Å². The minimum atomic E-state index is -0.175. The van der Waals surface area contributed by atoms with E-state index in [-0.39, 0.29) is 5.56 Å². The number of fused-ring (bicyclic) bond motifs is 1. The number of methoxy groups -OCH3 is 1. The van der Waals surface area contributed by atoms with Crippen LogP contribution in [0.3, 0.4) is 0 Å². The van der Waals surface area contributed by atoms with E-state index < -0.39 is 0 Å². The lowest BCUT2D eigenvalue weighted by molar-refractivity contribution is 0.415. The number of rotatable bonds is 5. The van der Waals surface area contributed by atoms with Gasteiger partial charge in [0.2, 0.25) is 0 Å². The normalized spacial score (nSPS) is 11.0. The molecule has 4 aromatic rings. The van der Waals surface area contributed by atoms with Crippen molar-refractivity contribution in [3.63, 3.8) is 0 Å². The van der Waals surface area contributed by atoms with E-state index in [9.17, 15) is 4.79 Å². The molecule has 0 saturated heterocycles. The van der Waals surface area contributed by atoms with Crippen LogP contribution in [-0.4, -0.2) is 36.9 Å². The molecule has 0 aliphatic heterocycles. The Morgan fingerprint density at radius 1 is 1.04 bits per heavy atom. The molecule has 0 spiro atoms. The first kappa shape index (κ1) is 17.2. The zero-order chi connectivity index (χ0) is 18.8. The number of thioether (sulfide) groups is 1. The van der Waals surface area contributed by atoms with E-state index in [1.54, 1.807) is 19.2 Å². The first-order valence-corrected chi connectivity index (χ1v) is 9.15. The Morgan fingerprint density at radius 3 is 2.59 bits per heavy atom. The molecule has 0 radical (unpaired) electrons. The average molecular weight is 380 g/mol. The monoisotopic (exact) mass is 380 g/mol. The van der Waals surface area contributed by atoms with E-state index in [2.05, 4.69) is 20.5 Å². The van der Waals surface area contributed by atoms with Gasteiger partial charge in [-0.1, -0.05) is 29.1 Å². The first-order chi connectivity index (χ1) is 13.2. The highest BCUT2D eigenvalue weighted by Gasteiger charge is 2.13. The molecule has 0 N–H and O–H groups in total. The van der Waals surface area contributed by atoms with Crippen LogP contribution in [0.15, 0.2) is 58.5 Å². The summed E-state index contributed by atoms with van der Waals surface area (Å²) in [5, 5.41) is 17.8. The van der Waals surface area contributed by atoms with Gasteiger partial charge in [-0.15, -0.1) is 15.3 Å². The second-order valence-electron chi connectivity index (χ2n) is 5.78. The third-order valence-electron chi connectivity index (χ3n) is 4.13. The lowest BCUT2D eigenvalue weighted by Gasteiger charge is -2.06. The first-order valence-electron chi connectivity index (χ1n) is 8.16. The van der Waals surface area contributed by atoms with Crippen LogP contribution in [0.4, 0.5) is 0 Å². The Kier molecular flexibility index (Phi) is 4.59. The Balaban J connectivity index is 1.56. The summed E-state index contributed by atoms with van der Waals surface area (Å²) in [6.07, 6.45) is 0. The van der Waals surface area contributed by atoms with Crippen molar-refractivity contribution in [3.05, 3.63) is 58.9 Å². The van der Waals surface area contributed by atoms with Crippen molar-refractivity contribution in [1.82, 2.24) is 29.8 Å². The number of hydrogen-bond acceptors (Lipinski definition) is 7. The van der Waals surface area contributed by atoms with E-state index >= 15 is 0 Å². The molecule has 2 aromatic carbocycles. The summed E-state index contributed by atoms with van der Waals surface area (Å²) in [6, 6.07) is 14.8. The topological polar surface area (TPSA) is 87.7 Å². The van der Waals surface area contributed by atoms with Crippen molar-refractivity contribution in [2.75, 3.05) is 7.11 Å². The van der Waals surface area contributed by atoms with Gasteiger partial charge < -0.3 is 9.30 Å². The summed E-state index contributed by atoms with van der Waals surface area (Å²) < 4.78 is 8.39. The molecule has 0 fully saturated rings. The van der Waals surface area contributed by atoms with Gasteiger partial charge in [0.05, 0.1) is 18.4 Å². The predicted molar refractivity (Wildman–Crippen MR) is 103 cm³/mol. The van der Waals surface area contributed by atoms with E-state index in [0.29, 0.717) is 21.9 Å². The van der Waals surface area contributed by atoms with E-state index in [4.69, 9.17) is 4.74 Å². The molecule has 9 heteroatoms. The second-order valence-corrected chi connectivity index (χ2v) is 6.69. The SMILES string of the molecule is COc1ccc(-c2nnc(SCn3nnc4ccccc4c3=O)n2C)cc1. The molecule has 0 aliphatic rings. The lowest BCUT2D eigenvalue weighted by atomic mass is 10.2. The molecular weight excluding hydrogens is 364 g/mol. The fraction of sp³-hybridized carbons (Fsp3) is 0.167. The van der Waals surface area contributed by atoms with Crippen molar-refractivity contribution < 1.29 is 4.74 Å². The summed E-state index contributed by atoms with van der Waals surface area (Å²) in [6.45, 7) is 0. The highest BCUT2D eigenvalue weighted by Crippen LogP contribution is 2.24. The molecule has 0 amide bonds. The van der Waals surface area contributed by atoms with Gasteiger partial charge in [-0.05, 0) is 36.4 Å². The fourth-order valence-electron chi connectivity index (χ4n) is 2.66. The van der Waals surface area contributed by atoms with Gasteiger partial charge in [-0.3, -0.25) is 4.79 Å². The molecule has 0 saturated carbocycles. The highest BCUT2D eigenvalue weighted by molar-refractivity contribution is 7.98. The number of benzene rings is 2. The minimum Gasteiger partial charge on any atom is -0.497 e. The van der Waals surface area contributed by atoms with Gasteiger partial charge in [0, 0.05) is 12.6 Å². The molecule has 0 atom stereocenters. The zero-order valence-corrected chi connectivity index (χ0v) is 15.6. The van der Waals surface area contributed by atoms with Crippen LogP contribution in [-0.2, 0) is 12.9 Å². The van der Waals surface area contributed by atoms with Crippen LogP contribution in [0, 0.1) is 0 Å². The smallest absolute Gasteiger partial charge is 0.278 e. The molecule has 0 unspecified atom stereocenters. The number of aromatic nitrogens is 6. The Hall–Kier alpha value is -3.20. The van der Waals surface area contributed by atoms with Gasteiger partial charge in [-0.2, -0.15) is 4.68 Å². The summed E-state index contributed by atoms with van der Waals surface area (Å²) >= 11 is 1.37. The predicted octanol–water partition coefficient (Wildman–Crippen LogP) is 2.35. The van der Waals surface area contributed by atoms with Crippen LogP contribution in [0.25, 0.3) is 22.3 Å². The lowest BCUT2D eigenvalue weighted by Crippen LogP contribution is -2.23. The van der Waals surface area contributed by atoms with E-state index in [1.807, 2.05) is 48.0 Å². The quantitative estimate of drug-likeness (QED) is 0.491. The Labute approximate surface area is 158 Å². The molecule has 136 valence electrons.